The van der Waals surface area contributed by atoms with Crippen molar-refractivity contribution in [2.45, 2.75) is 50.9 Å². The average molecular weight is 274 g/mol. The van der Waals surface area contributed by atoms with Crippen LogP contribution >= 0.6 is 0 Å². The van der Waals surface area contributed by atoms with Gasteiger partial charge >= 0.3 is 0 Å². The van der Waals surface area contributed by atoms with Gasteiger partial charge in [0.1, 0.15) is 11.9 Å². The van der Waals surface area contributed by atoms with Gasteiger partial charge in [0, 0.05) is 6.04 Å². The third kappa shape index (κ3) is 2.18. The Balaban J connectivity index is 1.86. The van der Waals surface area contributed by atoms with Gasteiger partial charge in [-0.3, -0.25) is 10.1 Å². The largest absolute Gasteiger partial charge is 0.497 e. The quantitative estimate of drug-likeness (QED) is 0.917. The number of hydrogen-bond donors (Lipinski definition) is 1. The normalized spacial score (nSPS) is 26.7. The number of methoxy groups -OCH3 is 1. The molecule has 0 radical (unpaired) electrons. The molecular weight excluding hydrogens is 252 g/mol. The van der Waals surface area contributed by atoms with Crippen molar-refractivity contribution in [3.63, 3.8) is 0 Å². The summed E-state index contributed by atoms with van der Waals surface area (Å²) in [4.78, 5) is 14.6. The molecule has 2 fully saturated rings. The van der Waals surface area contributed by atoms with Gasteiger partial charge in [0.25, 0.3) is 0 Å². The summed E-state index contributed by atoms with van der Waals surface area (Å²) < 4.78 is 5.20. The van der Waals surface area contributed by atoms with Crippen molar-refractivity contribution in [2.75, 3.05) is 7.11 Å². The maximum Gasteiger partial charge on any atom is 0.241 e. The molecule has 1 saturated carbocycles. The number of benzene rings is 1. The second-order valence-corrected chi connectivity index (χ2v) is 5.63. The highest BCUT2D eigenvalue weighted by molar-refractivity contribution is 5.85. The molecule has 2 atom stereocenters. The zero-order chi connectivity index (χ0) is 14.1. The van der Waals surface area contributed by atoms with E-state index in [0.29, 0.717) is 6.04 Å². The summed E-state index contributed by atoms with van der Waals surface area (Å²) in [7, 11) is 1.67. The minimum atomic E-state index is -0.0392. The van der Waals surface area contributed by atoms with Crippen LogP contribution < -0.4 is 10.1 Å². The van der Waals surface area contributed by atoms with Gasteiger partial charge in [-0.15, -0.1) is 0 Å². The van der Waals surface area contributed by atoms with E-state index >= 15 is 0 Å². The summed E-state index contributed by atoms with van der Waals surface area (Å²) in [5.41, 5.74) is 1.14. The molecule has 1 N–H and O–H groups in total. The molecule has 108 valence electrons. The standard InChI is InChI=1S/C16H22N2O2/c1-3-14-16(19)18(12-5-4-6-12)15(17-14)11-7-9-13(20-2)10-8-11/h7-10,12,14-15,17H,3-6H2,1-2H3. The van der Waals surface area contributed by atoms with Crippen molar-refractivity contribution >= 4 is 5.91 Å². The van der Waals surface area contributed by atoms with Gasteiger partial charge in [-0.05, 0) is 43.4 Å². The van der Waals surface area contributed by atoms with Crippen LogP contribution in [0.5, 0.6) is 5.75 Å². The number of ether oxygens (including phenoxy) is 1. The van der Waals surface area contributed by atoms with E-state index in [2.05, 4.69) is 17.1 Å². The zero-order valence-corrected chi connectivity index (χ0v) is 12.1. The second-order valence-electron chi connectivity index (χ2n) is 5.63. The van der Waals surface area contributed by atoms with Crippen LogP contribution in [0.2, 0.25) is 0 Å². The maximum atomic E-state index is 12.5. The second kappa shape index (κ2) is 5.44. The van der Waals surface area contributed by atoms with Gasteiger partial charge in [0.05, 0.1) is 13.2 Å². The Hall–Kier alpha value is -1.55. The highest BCUT2D eigenvalue weighted by Crippen LogP contribution is 2.36. The van der Waals surface area contributed by atoms with E-state index in [1.807, 2.05) is 24.3 Å². The Labute approximate surface area is 120 Å². The van der Waals surface area contributed by atoms with Gasteiger partial charge < -0.3 is 9.64 Å². The molecule has 20 heavy (non-hydrogen) atoms. The van der Waals surface area contributed by atoms with Gasteiger partial charge in [-0.2, -0.15) is 0 Å². The number of rotatable bonds is 4. The topological polar surface area (TPSA) is 41.6 Å². The molecule has 1 aromatic rings. The van der Waals surface area contributed by atoms with Crippen molar-refractivity contribution in [2.24, 2.45) is 0 Å². The molecule has 1 aromatic carbocycles. The molecule has 1 aliphatic carbocycles. The molecule has 4 nitrogen and oxygen atoms in total. The number of carbonyl (C=O) groups excluding carboxylic acids is 1. The highest BCUT2D eigenvalue weighted by Gasteiger charge is 2.43. The van der Waals surface area contributed by atoms with Crippen LogP contribution in [0.1, 0.15) is 44.3 Å². The number of hydrogen-bond acceptors (Lipinski definition) is 3. The molecule has 0 bridgehead atoms. The zero-order valence-electron chi connectivity index (χ0n) is 12.1. The van der Waals surface area contributed by atoms with Crippen LogP contribution in [-0.2, 0) is 4.79 Å². The lowest BCUT2D eigenvalue weighted by atomic mass is 9.90. The van der Waals surface area contributed by atoms with Gasteiger partial charge in [-0.1, -0.05) is 19.1 Å². The van der Waals surface area contributed by atoms with Crippen LogP contribution in [0.15, 0.2) is 24.3 Å². The molecule has 1 heterocycles. The lowest BCUT2D eigenvalue weighted by Gasteiger charge is -2.38. The van der Waals surface area contributed by atoms with E-state index in [0.717, 1.165) is 30.6 Å². The van der Waals surface area contributed by atoms with Crippen LogP contribution in [0.3, 0.4) is 0 Å². The number of nitrogens with one attached hydrogen (secondary N) is 1. The minimum absolute atomic E-state index is 0.0173. The molecule has 2 aliphatic rings. The summed E-state index contributed by atoms with van der Waals surface area (Å²) in [6, 6.07) is 8.39. The van der Waals surface area contributed by atoms with Crippen molar-refractivity contribution in [3.05, 3.63) is 29.8 Å². The summed E-state index contributed by atoms with van der Waals surface area (Å²) in [5.74, 6) is 1.11. The molecule has 1 amide bonds. The average Bonchev–Trinajstić information content (AvgIpc) is 2.75. The van der Waals surface area contributed by atoms with Crippen LogP contribution in [0, 0.1) is 0 Å². The predicted octanol–water partition coefficient (Wildman–Crippen LogP) is 2.46. The maximum absolute atomic E-state index is 12.5. The lowest BCUT2D eigenvalue weighted by molar-refractivity contribution is -0.134. The van der Waals surface area contributed by atoms with Crippen LogP contribution in [0.25, 0.3) is 0 Å². The van der Waals surface area contributed by atoms with Crippen LogP contribution in [0.4, 0.5) is 0 Å². The molecule has 3 rings (SSSR count). The molecule has 0 spiro atoms. The van der Waals surface area contributed by atoms with Gasteiger partial charge in [0.15, 0.2) is 0 Å². The Morgan fingerprint density at radius 1 is 1.30 bits per heavy atom. The fourth-order valence-electron chi connectivity index (χ4n) is 3.04. The number of carbonyl (C=O) groups is 1. The molecular formula is C16H22N2O2. The van der Waals surface area contributed by atoms with Crippen molar-refractivity contribution in [1.82, 2.24) is 10.2 Å². The Morgan fingerprint density at radius 3 is 2.50 bits per heavy atom. The summed E-state index contributed by atoms with van der Waals surface area (Å²) in [5, 5.41) is 3.48. The van der Waals surface area contributed by atoms with Crippen LogP contribution in [-0.4, -0.2) is 30.0 Å². The van der Waals surface area contributed by atoms with Crippen molar-refractivity contribution in [3.8, 4) is 5.75 Å². The van der Waals surface area contributed by atoms with E-state index in [1.165, 1.54) is 6.42 Å². The molecule has 2 unspecified atom stereocenters. The summed E-state index contributed by atoms with van der Waals surface area (Å²) in [6.07, 6.45) is 4.37. The third-order valence-electron chi connectivity index (χ3n) is 4.50. The van der Waals surface area contributed by atoms with E-state index in [-0.39, 0.29) is 18.1 Å². The first-order chi connectivity index (χ1) is 9.74. The Kier molecular flexibility index (Phi) is 3.66. The van der Waals surface area contributed by atoms with E-state index < -0.39 is 0 Å². The lowest BCUT2D eigenvalue weighted by Crippen LogP contribution is -2.44. The first-order valence-corrected chi connectivity index (χ1v) is 7.46. The monoisotopic (exact) mass is 274 g/mol. The Morgan fingerprint density at radius 2 is 2.00 bits per heavy atom. The summed E-state index contributed by atoms with van der Waals surface area (Å²) >= 11 is 0. The molecule has 1 saturated heterocycles. The number of amides is 1. The molecule has 0 aromatic heterocycles. The first-order valence-electron chi connectivity index (χ1n) is 7.46. The smallest absolute Gasteiger partial charge is 0.241 e. The third-order valence-corrected chi connectivity index (χ3v) is 4.50. The summed E-state index contributed by atoms with van der Waals surface area (Å²) in [6.45, 7) is 2.06. The molecule has 1 aliphatic heterocycles. The number of nitrogens with zero attached hydrogens (tertiary/aromatic N) is 1. The molecule has 4 heteroatoms. The van der Waals surface area contributed by atoms with Crippen molar-refractivity contribution in [1.29, 1.82) is 0 Å². The first kappa shape index (κ1) is 13.4. The van der Waals surface area contributed by atoms with Gasteiger partial charge in [-0.25, -0.2) is 0 Å². The predicted molar refractivity (Wildman–Crippen MR) is 77.4 cm³/mol. The highest BCUT2D eigenvalue weighted by atomic mass is 16.5. The Bertz CT molecular complexity index is 482. The van der Waals surface area contributed by atoms with Crippen molar-refractivity contribution < 1.29 is 9.53 Å². The van der Waals surface area contributed by atoms with Gasteiger partial charge in [0.2, 0.25) is 5.91 Å². The van der Waals surface area contributed by atoms with E-state index in [1.54, 1.807) is 7.11 Å². The van der Waals surface area contributed by atoms with E-state index in [9.17, 15) is 4.79 Å². The fourth-order valence-corrected chi connectivity index (χ4v) is 3.04. The fraction of sp³-hybridized carbons (Fsp3) is 0.562. The van der Waals surface area contributed by atoms with E-state index in [4.69, 9.17) is 4.74 Å². The SMILES string of the molecule is CCC1NC(c2ccc(OC)cc2)N(C2CCC2)C1=O. The minimum Gasteiger partial charge on any atom is -0.497 e.